The summed E-state index contributed by atoms with van der Waals surface area (Å²) in [6.45, 7) is 0.912. The van der Waals surface area contributed by atoms with E-state index >= 15 is 0 Å². The van der Waals surface area contributed by atoms with Crippen molar-refractivity contribution in [2.24, 2.45) is 0 Å². The highest BCUT2D eigenvalue weighted by Gasteiger charge is 2.09. The summed E-state index contributed by atoms with van der Waals surface area (Å²) in [6.07, 6.45) is 0.914. The monoisotopic (exact) mass is 242 g/mol. The summed E-state index contributed by atoms with van der Waals surface area (Å²) < 4.78 is 0. The Balaban J connectivity index is 2.48. The number of benzene rings is 1. The van der Waals surface area contributed by atoms with Gasteiger partial charge in [0.05, 0.1) is 0 Å². The Morgan fingerprint density at radius 1 is 1.33 bits per heavy atom. The van der Waals surface area contributed by atoms with Crippen molar-refractivity contribution in [3.05, 3.63) is 33.9 Å². The molecule has 4 heteroatoms. The molecule has 2 aromatic rings. The third kappa shape index (κ3) is 2.12. The lowest BCUT2D eigenvalue weighted by Crippen LogP contribution is -2.10. The smallest absolute Gasteiger partial charge is 0.110 e. The average Bonchev–Trinajstić information content (AvgIpc) is 2.50. The number of hydrogen-bond donors (Lipinski definition) is 2. The molecule has 2 N–H and O–H groups in total. The van der Waals surface area contributed by atoms with Crippen molar-refractivity contribution < 1.29 is 0 Å². The van der Waals surface area contributed by atoms with Crippen molar-refractivity contribution in [2.75, 3.05) is 13.6 Å². The molecule has 0 fully saturated rings. The van der Waals surface area contributed by atoms with Crippen LogP contribution in [0.4, 0.5) is 0 Å². The van der Waals surface area contributed by atoms with Gasteiger partial charge in [0.1, 0.15) is 5.15 Å². The lowest BCUT2D eigenvalue weighted by atomic mass is 10.1. The van der Waals surface area contributed by atoms with Crippen molar-refractivity contribution in [2.45, 2.75) is 6.42 Å². The van der Waals surface area contributed by atoms with Gasteiger partial charge in [-0.05, 0) is 37.7 Å². The van der Waals surface area contributed by atoms with Crippen LogP contribution in [-0.2, 0) is 6.42 Å². The van der Waals surface area contributed by atoms with Crippen LogP contribution < -0.4 is 5.32 Å². The van der Waals surface area contributed by atoms with Crippen LogP contribution in [0, 0.1) is 0 Å². The van der Waals surface area contributed by atoms with E-state index in [0.717, 1.165) is 34.5 Å². The first-order chi connectivity index (χ1) is 7.22. The standard InChI is InChI=1S/C11H12Cl2N2/c1-14-5-4-9-8-3-2-7(12)6-10(8)15-11(9)13/h2-3,6,14-15H,4-5H2,1H3. The highest BCUT2D eigenvalue weighted by atomic mass is 35.5. The maximum atomic E-state index is 6.13. The van der Waals surface area contributed by atoms with Gasteiger partial charge in [-0.15, -0.1) is 0 Å². The fraction of sp³-hybridized carbons (Fsp3) is 0.273. The molecule has 0 bridgehead atoms. The van der Waals surface area contributed by atoms with E-state index in [1.165, 1.54) is 0 Å². The number of fused-ring (bicyclic) bond motifs is 1. The molecule has 0 saturated carbocycles. The predicted molar refractivity (Wildman–Crippen MR) is 65.9 cm³/mol. The zero-order valence-corrected chi connectivity index (χ0v) is 9.91. The van der Waals surface area contributed by atoms with Gasteiger partial charge in [-0.25, -0.2) is 0 Å². The minimum Gasteiger partial charge on any atom is -0.345 e. The van der Waals surface area contributed by atoms with Gasteiger partial charge in [0.25, 0.3) is 0 Å². The van der Waals surface area contributed by atoms with Gasteiger partial charge >= 0.3 is 0 Å². The maximum Gasteiger partial charge on any atom is 0.110 e. The van der Waals surface area contributed by atoms with Crippen LogP contribution >= 0.6 is 23.2 Å². The molecule has 2 rings (SSSR count). The van der Waals surface area contributed by atoms with Gasteiger partial charge in [-0.3, -0.25) is 0 Å². The molecule has 1 aromatic carbocycles. The molecule has 0 aliphatic heterocycles. The third-order valence-electron chi connectivity index (χ3n) is 2.44. The van der Waals surface area contributed by atoms with Crippen molar-refractivity contribution in [3.63, 3.8) is 0 Å². The second-order valence-corrected chi connectivity index (χ2v) is 4.28. The maximum absolute atomic E-state index is 6.13. The first-order valence-electron chi connectivity index (χ1n) is 4.82. The van der Waals surface area contributed by atoms with E-state index in [9.17, 15) is 0 Å². The molecule has 0 saturated heterocycles. The topological polar surface area (TPSA) is 27.8 Å². The lowest BCUT2D eigenvalue weighted by Gasteiger charge is -1.99. The molecular formula is C11H12Cl2N2. The number of aromatic nitrogens is 1. The molecule has 1 aromatic heterocycles. The summed E-state index contributed by atoms with van der Waals surface area (Å²) in [7, 11) is 1.93. The van der Waals surface area contributed by atoms with Crippen LogP contribution in [0.15, 0.2) is 18.2 Å². The van der Waals surface area contributed by atoms with Crippen LogP contribution in [0.25, 0.3) is 10.9 Å². The zero-order chi connectivity index (χ0) is 10.8. The summed E-state index contributed by atoms with van der Waals surface area (Å²) in [6, 6.07) is 5.79. The predicted octanol–water partition coefficient (Wildman–Crippen LogP) is 3.24. The highest BCUT2D eigenvalue weighted by molar-refractivity contribution is 6.33. The Morgan fingerprint density at radius 2 is 2.13 bits per heavy atom. The summed E-state index contributed by atoms with van der Waals surface area (Å²) in [4.78, 5) is 3.13. The molecule has 1 heterocycles. The second-order valence-electron chi connectivity index (χ2n) is 3.46. The van der Waals surface area contributed by atoms with Crippen molar-refractivity contribution in [1.82, 2.24) is 10.3 Å². The molecular weight excluding hydrogens is 231 g/mol. The first kappa shape index (κ1) is 10.8. The molecule has 2 nitrogen and oxygen atoms in total. The van der Waals surface area contributed by atoms with Gasteiger partial charge < -0.3 is 10.3 Å². The summed E-state index contributed by atoms with van der Waals surface area (Å²) in [5.74, 6) is 0. The van der Waals surface area contributed by atoms with E-state index in [1.54, 1.807) is 0 Å². The molecule has 0 amide bonds. The Bertz CT molecular complexity index is 477. The van der Waals surface area contributed by atoms with E-state index in [0.29, 0.717) is 5.15 Å². The van der Waals surface area contributed by atoms with Crippen LogP contribution in [0.3, 0.4) is 0 Å². The van der Waals surface area contributed by atoms with Gasteiger partial charge in [-0.1, -0.05) is 29.3 Å². The molecule has 0 aliphatic rings. The average molecular weight is 243 g/mol. The van der Waals surface area contributed by atoms with Gasteiger partial charge in [-0.2, -0.15) is 0 Å². The van der Waals surface area contributed by atoms with Gasteiger partial charge in [0.2, 0.25) is 0 Å². The lowest BCUT2D eigenvalue weighted by molar-refractivity contribution is 0.795. The Labute approximate surface area is 98.6 Å². The largest absolute Gasteiger partial charge is 0.345 e. The highest BCUT2D eigenvalue weighted by Crippen LogP contribution is 2.28. The quantitative estimate of drug-likeness (QED) is 0.850. The first-order valence-corrected chi connectivity index (χ1v) is 5.58. The van der Waals surface area contributed by atoms with Gasteiger partial charge in [0.15, 0.2) is 0 Å². The van der Waals surface area contributed by atoms with Gasteiger partial charge in [0, 0.05) is 15.9 Å². The summed E-state index contributed by atoms with van der Waals surface area (Å²) >= 11 is 12.0. The van der Waals surface area contributed by atoms with Crippen molar-refractivity contribution in [1.29, 1.82) is 0 Å². The van der Waals surface area contributed by atoms with E-state index in [1.807, 2.05) is 25.2 Å². The fourth-order valence-electron chi connectivity index (χ4n) is 1.69. The van der Waals surface area contributed by atoms with Crippen LogP contribution in [-0.4, -0.2) is 18.6 Å². The number of nitrogens with one attached hydrogen (secondary N) is 2. The minimum absolute atomic E-state index is 0.711. The van der Waals surface area contributed by atoms with Crippen LogP contribution in [0.5, 0.6) is 0 Å². The molecule has 0 atom stereocenters. The Kier molecular flexibility index (Phi) is 3.19. The number of aromatic amines is 1. The van der Waals surface area contributed by atoms with Crippen LogP contribution in [0.2, 0.25) is 10.2 Å². The number of likely N-dealkylation sites (N-methyl/N-ethyl adjacent to an activating group) is 1. The van der Waals surface area contributed by atoms with E-state index < -0.39 is 0 Å². The number of hydrogen-bond acceptors (Lipinski definition) is 1. The van der Waals surface area contributed by atoms with Crippen molar-refractivity contribution >= 4 is 34.1 Å². The molecule has 0 aliphatic carbocycles. The second kappa shape index (κ2) is 4.44. The molecule has 0 spiro atoms. The number of H-pyrrole nitrogens is 1. The minimum atomic E-state index is 0.711. The van der Waals surface area contributed by atoms with E-state index in [4.69, 9.17) is 23.2 Å². The summed E-state index contributed by atoms with van der Waals surface area (Å²) in [5.41, 5.74) is 2.15. The van der Waals surface area contributed by atoms with E-state index in [2.05, 4.69) is 10.3 Å². The summed E-state index contributed by atoms with van der Waals surface area (Å²) in [5, 5.41) is 5.70. The Hall–Kier alpha value is -0.700. The fourth-order valence-corrected chi connectivity index (χ4v) is 2.16. The van der Waals surface area contributed by atoms with E-state index in [-0.39, 0.29) is 0 Å². The third-order valence-corrected chi connectivity index (χ3v) is 3.00. The SMILES string of the molecule is CNCCc1c(Cl)[nH]c2cc(Cl)ccc12. The zero-order valence-electron chi connectivity index (χ0n) is 8.40. The number of rotatable bonds is 3. The number of halogens is 2. The molecule has 80 valence electrons. The molecule has 0 unspecified atom stereocenters. The normalized spacial score (nSPS) is 11.1. The Morgan fingerprint density at radius 3 is 2.87 bits per heavy atom. The molecule has 15 heavy (non-hydrogen) atoms. The van der Waals surface area contributed by atoms with Crippen molar-refractivity contribution in [3.8, 4) is 0 Å². The molecule has 0 radical (unpaired) electrons. The van der Waals surface area contributed by atoms with Crippen LogP contribution in [0.1, 0.15) is 5.56 Å².